The zero-order valence-electron chi connectivity index (χ0n) is 19.9. The van der Waals surface area contributed by atoms with E-state index in [0.717, 1.165) is 43.6 Å². The fourth-order valence-electron chi connectivity index (χ4n) is 4.20. The van der Waals surface area contributed by atoms with E-state index in [1.165, 1.54) is 16.6 Å². The van der Waals surface area contributed by atoms with Gasteiger partial charge in [0.25, 0.3) is 5.91 Å². The second kappa shape index (κ2) is 11.3. The lowest BCUT2D eigenvalue weighted by Crippen LogP contribution is -2.24. The van der Waals surface area contributed by atoms with Gasteiger partial charge in [-0.1, -0.05) is 74.3 Å². The Bertz CT molecular complexity index is 1240. The molecule has 34 heavy (non-hydrogen) atoms. The summed E-state index contributed by atoms with van der Waals surface area (Å²) in [5.74, 6) is 1.58. The number of hydrogen-bond acceptors (Lipinski definition) is 2. The lowest BCUT2D eigenvalue weighted by molar-refractivity contribution is 0.0953. The van der Waals surface area contributed by atoms with Crippen LogP contribution in [0.2, 0.25) is 5.02 Å². The van der Waals surface area contributed by atoms with Gasteiger partial charge in [-0.05, 0) is 60.2 Å². The van der Waals surface area contributed by atoms with E-state index in [0.29, 0.717) is 23.0 Å². The summed E-state index contributed by atoms with van der Waals surface area (Å²) in [5.41, 5.74) is 5.48. The van der Waals surface area contributed by atoms with Crippen LogP contribution in [0.4, 0.5) is 0 Å². The molecule has 1 amide bonds. The van der Waals surface area contributed by atoms with Crippen molar-refractivity contribution in [1.82, 2.24) is 14.9 Å². The van der Waals surface area contributed by atoms with Gasteiger partial charge in [-0.3, -0.25) is 4.79 Å². The molecular formula is C29H32ClN3O. The molecule has 1 N–H and O–H groups in total. The van der Waals surface area contributed by atoms with Crippen molar-refractivity contribution in [2.75, 3.05) is 6.54 Å². The molecule has 5 heteroatoms. The SMILES string of the molecule is CC(C)c1ccc(Cn2c(CCCCCNC(=O)c3cccc(Cl)c3)nc3ccccc32)cc1. The molecule has 0 saturated heterocycles. The minimum absolute atomic E-state index is 0.0761. The molecule has 0 saturated carbocycles. The molecule has 0 bridgehead atoms. The quantitative estimate of drug-likeness (QED) is 0.252. The third-order valence-corrected chi connectivity index (χ3v) is 6.41. The highest BCUT2D eigenvalue weighted by molar-refractivity contribution is 6.30. The van der Waals surface area contributed by atoms with Crippen LogP contribution in [0.3, 0.4) is 0 Å². The van der Waals surface area contributed by atoms with Crippen LogP contribution in [0.1, 0.15) is 66.3 Å². The van der Waals surface area contributed by atoms with Crippen molar-refractivity contribution in [3.8, 4) is 0 Å². The maximum absolute atomic E-state index is 12.2. The predicted molar refractivity (Wildman–Crippen MR) is 141 cm³/mol. The number of fused-ring (bicyclic) bond motifs is 1. The first-order valence-electron chi connectivity index (χ1n) is 12.1. The summed E-state index contributed by atoms with van der Waals surface area (Å²) in [6.07, 6.45) is 3.91. The molecule has 0 radical (unpaired) electrons. The average molecular weight is 474 g/mol. The van der Waals surface area contributed by atoms with Gasteiger partial charge in [0.1, 0.15) is 5.82 Å². The van der Waals surface area contributed by atoms with Crippen molar-refractivity contribution < 1.29 is 4.79 Å². The number of carbonyl (C=O) groups excluding carboxylic acids is 1. The number of imidazole rings is 1. The molecule has 4 nitrogen and oxygen atoms in total. The van der Waals surface area contributed by atoms with Gasteiger partial charge in [-0.25, -0.2) is 4.98 Å². The fraction of sp³-hybridized carbons (Fsp3) is 0.310. The van der Waals surface area contributed by atoms with Gasteiger partial charge < -0.3 is 9.88 Å². The van der Waals surface area contributed by atoms with E-state index in [1.54, 1.807) is 24.3 Å². The number of benzene rings is 3. The van der Waals surface area contributed by atoms with Crippen molar-refractivity contribution in [3.05, 3.63) is 100 Å². The second-order valence-electron chi connectivity index (χ2n) is 9.08. The topological polar surface area (TPSA) is 46.9 Å². The average Bonchev–Trinajstić information content (AvgIpc) is 3.18. The van der Waals surface area contributed by atoms with Gasteiger partial charge in [0.2, 0.25) is 0 Å². The van der Waals surface area contributed by atoms with Crippen LogP contribution in [-0.4, -0.2) is 22.0 Å². The van der Waals surface area contributed by atoms with E-state index in [1.807, 2.05) is 6.07 Å². The Morgan fingerprint density at radius 1 is 0.971 bits per heavy atom. The van der Waals surface area contributed by atoms with Gasteiger partial charge in [0.15, 0.2) is 0 Å². The van der Waals surface area contributed by atoms with E-state index in [-0.39, 0.29) is 5.91 Å². The highest BCUT2D eigenvalue weighted by atomic mass is 35.5. The number of nitrogens with one attached hydrogen (secondary N) is 1. The minimum atomic E-state index is -0.0761. The van der Waals surface area contributed by atoms with Crippen molar-refractivity contribution in [2.24, 2.45) is 0 Å². The van der Waals surface area contributed by atoms with Crippen molar-refractivity contribution in [2.45, 2.75) is 52.0 Å². The summed E-state index contributed by atoms with van der Waals surface area (Å²) < 4.78 is 2.35. The van der Waals surface area contributed by atoms with Crippen LogP contribution in [0.15, 0.2) is 72.8 Å². The first-order valence-corrected chi connectivity index (χ1v) is 12.5. The number of unbranched alkanes of at least 4 members (excludes halogenated alkanes) is 2. The van der Waals surface area contributed by atoms with E-state index >= 15 is 0 Å². The van der Waals surface area contributed by atoms with Gasteiger partial charge in [-0.15, -0.1) is 0 Å². The summed E-state index contributed by atoms with van der Waals surface area (Å²) >= 11 is 5.97. The number of halogens is 1. The molecule has 1 aromatic heterocycles. The predicted octanol–water partition coefficient (Wildman–Crippen LogP) is 7.00. The molecule has 4 rings (SSSR count). The Labute approximate surface area is 207 Å². The molecular weight excluding hydrogens is 442 g/mol. The standard InChI is InChI=1S/C29H32ClN3O/c1-21(2)23-16-14-22(15-17-23)20-33-27-12-6-5-11-26(27)32-28(33)13-4-3-7-18-31-29(34)24-9-8-10-25(30)19-24/h5-6,8-12,14-17,19,21H,3-4,7,13,18,20H2,1-2H3,(H,31,34). The van der Waals surface area contributed by atoms with Crippen LogP contribution in [0.25, 0.3) is 11.0 Å². The largest absolute Gasteiger partial charge is 0.352 e. The van der Waals surface area contributed by atoms with Gasteiger partial charge in [0, 0.05) is 30.1 Å². The fourth-order valence-corrected chi connectivity index (χ4v) is 4.39. The number of rotatable bonds is 10. The Morgan fingerprint density at radius 3 is 2.53 bits per heavy atom. The summed E-state index contributed by atoms with van der Waals surface area (Å²) in [6, 6.07) is 24.3. The van der Waals surface area contributed by atoms with E-state index < -0.39 is 0 Å². The first-order chi connectivity index (χ1) is 16.5. The third-order valence-electron chi connectivity index (χ3n) is 6.17. The zero-order valence-corrected chi connectivity index (χ0v) is 20.7. The zero-order chi connectivity index (χ0) is 23.9. The highest BCUT2D eigenvalue weighted by Gasteiger charge is 2.11. The Hall–Kier alpha value is -3.11. The normalized spacial score (nSPS) is 11.3. The Kier molecular flexibility index (Phi) is 8.02. The molecule has 4 aromatic rings. The number of aryl methyl sites for hydroxylation is 1. The van der Waals surface area contributed by atoms with Crippen LogP contribution >= 0.6 is 11.6 Å². The van der Waals surface area contributed by atoms with E-state index in [2.05, 4.69) is 66.2 Å². The monoisotopic (exact) mass is 473 g/mol. The lowest BCUT2D eigenvalue weighted by atomic mass is 10.0. The van der Waals surface area contributed by atoms with Gasteiger partial charge >= 0.3 is 0 Å². The molecule has 0 unspecified atom stereocenters. The smallest absolute Gasteiger partial charge is 0.251 e. The van der Waals surface area contributed by atoms with Gasteiger partial charge in [-0.2, -0.15) is 0 Å². The molecule has 0 aliphatic carbocycles. The number of aromatic nitrogens is 2. The second-order valence-corrected chi connectivity index (χ2v) is 9.51. The molecule has 0 fully saturated rings. The van der Waals surface area contributed by atoms with Crippen LogP contribution < -0.4 is 5.32 Å². The van der Waals surface area contributed by atoms with Crippen LogP contribution in [0.5, 0.6) is 0 Å². The molecule has 3 aromatic carbocycles. The van der Waals surface area contributed by atoms with Gasteiger partial charge in [0.05, 0.1) is 11.0 Å². The molecule has 1 heterocycles. The van der Waals surface area contributed by atoms with Crippen molar-refractivity contribution in [3.63, 3.8) is 0 Å². The Balaban J connectivity index is 1.33. The number of amides is 1. The summed E-state index contributed by atoms with van der Waals surface area (Å²) in [6.45, 7) is 5.92. The first kappa shape index (κ1) is 24.0. The van der Waals surface area contributed by atoms with Crippen LogP contribution in [-0.2, 0) is 13.0 Å². The third kappa shape index (κ3) is 6.06. The maximum atomic E-state index is 12.2. The molecule has 176 valence electrons. The summed E-state index contributed by atoms with van der Waals surface area (Å²) in [7, 11) is 0. The summed E-state index contributed by atoms with van der Waals surface area (Å²) in [5, 5.41) is 3.56. The molecule has 0 atom stereocenters. The maximum Gasteiger partial charge on any atom is 0.251 e. The van der Waals surface area contributed by atoms with Crippen molar-refractivity contribution >= 4 is 28.5 Å². The molecule has 0 spiro atoms. The van der Waals surface area contributed by atoms with E-state index in [4.69, 9.17) is 16.6 Å². The number of nitrogens with zero attached hydrogens (tertiary/aromatic N) is 2. The Morgan fingerprint density at radius 2 is 1.76 bits per heavy atom. The number of para-hydroxylation sites is 2. The summed E-state index contributed by atoms with van der Waals surface area (Å²) in [4.78, 5) is 17.2. The molecule has 0 aliphatic heterocycles. The lowest BCUT2D eigenvalue weighted by Gasteiger charge is -2.11. The molecule has 0 aliphatic rings. The number of hydrogen-bond donors (Lipinski definition) is 1. The van der Waals surface area contributed by atoms with E-state index in [9.17, 15) is 4.79 Å². The van der Waals surface area contributed by atoms with Crippen LogP contribution in [0, 0.1) is 0 Å². The number of carbonyl (C=O) groups is 1. The highest BCUT2D eigenvalue weighted by Crippen LogP contribution is 2.21. The minimum Gasteiger partial charge on any atom is -0.352 e. The van der Waals surface area contributed by atoms with Crippen molar-refractivity contribution in [1.29, 1.82) is 0 Å².